The average molecular weight is 232 g/mol. The number of nitrogens with zero attached hydrogens (tertiary/aromatic N) is 1. The van der Waals surface area contributed by atoms with E-state index in [0.29, 0.717) is 5.69 Å². The molecular weight excluding hydrogens is 215 g/mol. The van der Waals surface area contributed by atoms with Gasteiger partial charge in [0.1, 0.15) is 17.4 Å². The summed E-state index contributed by atoms with van der Waals surface area (Å²) in [6.07, 6.45) is 0. The second-order valence-corrected chi connectivity index (χ2v) is 5.79. The van der Waals surface area contributed by atoms with Crippen LogP contribution in [-0.2, 0) is 0 Å². The van der Waals surface area contributed by atoms with Gasteiger partial charge < -0.3 is 5.32 Å². The van der Waals surface area contributed by atoms with Crippen molar-refractivity contribution in [2.45, 2.75) is 33.7 Å². The molecule has 0 unspecified atom stereocenters. The second kappa shape index (κ2) is 3.46. The van der Waals surface area contributed by atoms with Gasteiger partial charge in [0.2, 0.25) is 0 Å². The van der Waals surface area contributed by atoms with Crippen molar-refractivity contribution in [3.05, 3.63) is 29.6 Å². The Morgan fingerprint density at radius 2 is 1.82 bits per heavy atom. The first-order chi connectivity index (χ1) is 7.82. The van der Waals surface area contributed by atoms with Crippen LogP contribution in [0.1, 0.15) is 33.3 Å². The van der Waals surface area contributed by atoms with Crippen LogP contribution in [0.2, 0.25) is 0 Å². The van der Waals surface area contributed by atoms with Gasteiger partial charge in [0.05, 0.1) is 5.69 Å². The van der Waals surface area contributed by atoms with Gasteiger partial charge in [-0.1, -0.05) is 33.8 Å². The predicted molar refractivity (Wildman–Crippen MR) is 66.1 cm³/mol. The van der Waals surface area contributed by atoms with Crippen LogP contribution >= 0.6 is 0 Å². The highest BCUT2D eigenvalue weighted by molar-refractivity contribution is 5.60. The molecule has 0 spiro atoms. The third-order valence-electron chi connectivity index (χ3n) is 4.45. The Hall–Kier alpha value is -1.56. The van der Waals surface area contributed by atoms with Crippen molar-refractivity contribution in [2.75, 3.05) is 5.32 Å². The van der Waals surface area contributed by atoms with Gasteiger partial charge in [-0.2, -0.15) is 5.26 Å². The van der Waals surface area contributed by atoms with E-state index >= 15 is 0 Å². The van der Waals surface area contributed by atoms with Crippen LogP contribution < -0.4 is 5.32 Å². The quantitative estimate of drug-likeness (QED) is 0.846. The molecule has 1 fully saturated rings. The van der Waals surface area contributed by atoms with Gasteiger partial charge in [0, 0.05) is 6.04 Å². The summed E-state index contributed by atoms with van der Waals surface area (Å²) in [5.74, 6) is -0.464. The summed E-state index contributed by atoms with van der Waals surface area (Å²) in [6.45, 7) is 8.71. The minimum absolute atomic E-state index is 0.103. The summed E-state index contributed by atoms with van der Waals surface area (Å²) in [6, 6.07) is 6.88. The Bertz CT molecular complexity index is 483. The molecule has 0 bridgehead atoms. The van der Waals surface area contributed by atoms with Crippen LogP contribution in [0.25, 0.3) is 0 Å². The Morgan fingerprint density at radius 3 is 2.29 bits per heavy atom. The Balaban J connectivity index is 2.29. The van der Waals surface area contributed by atoms with Crippen molar-refractivity contribution in [3.63, 3.8) is 0 Å². The average Bonchev–Trinajstić information content (AvgIpc) is 2.61. The SMILES string of the molecule is CC1(C)C(Nc2cccc(F)c2C#N)C1(C)C. The molecule has 0 heterocycles. The molecule has 0 radical (unpaired) electrons. The molecule has 0 aromatic heterocycles. The largest absolute Gasteiger partial charge is 0.380 e. The molecule has 2 nitrogen and oxygen atoms in total. The summed E-state index contributed by atoms with van der Waals surface area (Å²) >= 11 is 0. The molecule has 1 aromatic carbocycles. The van der Waals surface area contributed by atoms with Crippen molar-refractivity contribution in [1.82, 2.24) is 0 Å². The number of hydrogen-bond donors (Lipinski definition) is 1. The first kappa shape index (κ1) is 11.9. The third kappa shape index (κ3) is 1.59. The lowest BCUT2D eigenvalue weighted by molar-refractivity contribution is 0.457. The highest BCUT2D eigenvalue weighted by Gasteiger charge is 2.65. The van der Waals surface area contributed by atoms with E-state index in [1.165, 1.54) is 6.07 Å². The third-order valence-corrected chi connectivity index (χ3v) is 4.45. The predicted octanol–water partition coefficient (Wildman–Crippen LogP) is 3.54. The zero-order valence-electron chi connectivity index (χ0n) is 10.6. The van der Waals surface area contributed by atoms with Crippen LogP contribution in [0.15, 0.2) is 18.2 Å². The van der Waals surface area contributed by atoms with Crippen molar-refractivity contribution >= 4 is 5.69 Å². The number of anilines is 1. The molecule has 17 heavy (non-hydrogen) atoms. The van der Waals surface area contributed by atoms with Gasteiger partial charge in [-0.05, 0) is 23.0 Å². The van der Waals surface area contributed by atoms with Crippen molar-refractivity contribution < 1.29 is 4.39 Å². The summed E-state index contributed by atoms with van der Waals surface area (Å²) in [5, 5.41) is 12.3. The van der Waals surface area contributed by atoms with Crippen molar-refractivity contribution in [3.8, 4) is 6.07 Å². The number of rotatable bonds is 2. The molecule has 0 aliphatic heterocycles. The monoisotopic (exact) mass is 232 g/mol. The number of halogens is 1. The molecule has 1 aromatic rings. The molecule has 1 aliphatic rings. The van der Waals surface area contributed by atoms with Gasteiger partial charge in [-0.25, -0.2) is 4.39 Å². The highest BCUT2D eigenvalue weighted by atomic mass is 19.1. The maximum absolute atomic E-state index is 13.4. The van der Waals surface area contributed by atoms with Gasteiger partial charge in [0.25, 0.3) is 0 Å². The Labute approximate surface area is 101 Å². The van der Waals surface area contributed by atoms with Crippen LogP contribution in [0.4, 0.5) is 10.1 Å². The number of nitriles is 1. The first-order valence-electron chi connectivity index (χ1n) is 5.77. The minimum Gasteiger partial charge on any atom is -0.380 e. The van der Waals surface area contributed by atoms with E-state index in [4.69, 9.17) is 5.26 Å². The smallest absolute Gasteiger partial charge is 0.143 e. The van der Waals surface area contributed by atoms with Crippen LogP contribution in [-0.4, -0.2) is 6.04 Å². The Morgan fingerprint density at radius 1 is 1.24 bits per heavy atom. The van der Waals surface area contributed by atoms with E-state index in [1.54, 1.807) is 12.1 Å². The molecule has 0 saturated heterocycles. The van der Waals surface area contributed by atoms with Gasteiger partial charge >= 0.3 is 0 Å². The fourth-order valence-corrected chi connectivity index (χ4v) is 2.47. The Kier molecular flexibility index (Phi) is 2.43. The topological polar surface area (TPSA) is 35.8 Å². The second-order valence-electron chi connectivity index (χ2n) is 5.79. The summed E-state index contributed by atoms with van der Waals surface area (Å²) in [7, 11) is 0. The van der Waals surface area contributed by atoms with E-state index in [-0.39, 0.29) is 22.4 Å². The van der Waals surface area contributed by atoms with E-state index in [0.717, 1.165) is 0 Å². The lowest BCUT2D eigenvalue weighted by Crippen LogP contribution is -2.11. The van der Waals surface area contributed by atoms with E-state index in [9.17, 15) is 4.39 Å². The molecule has 1 N–H and O–H groups in total. The zero-order valence-corrected chi connectivity index (χ0v) is 10.6. The molecule has 3 heteroatoms. The molecule has 0 amide bonds. The normalized spacial score (nSPS) is 20.7. The summed E-state index contributed by atoms with van der Waals surface area (Å²) in [5.41, 5.74) is 1.01. The van der Waals surface area contributed by atoms with Gasteiger partial charge in [-0.15, -0.1) is 0 Å². The van der Waals surface area contributed by atoms with Gasteiger partial charge in [0.15, 0.2) is 0 Å². The standard InChI is InChI=1S/C14H17FN2/c1-13(2)12(14(13,3)4)17-11-7-5-6-10(15)9(11)8-16/h5-7,12,17H,1-4H3. The molecule has 2 rings (SSSR count). The van der Waals surface area contributed by atoms with E-state index < -0.39 is 5.82 Å². The lowest BCUT2D eigenvalue weighted by Gasteiger charge is -2.10. The van der Waals surface area contributed by atoms with E-state index in [2.05, 4.69) is 33.0 Å². The molecule has 1 aliphatic carbocycles. The summed E-state index contributed by atoms with van der Waals surface area (Å²) < 4.78 is 13.4. The van der Waals surface area contributed by atoms with E-state index in [1.807, 2.05) is 6.07 Å². The number of hydrogen-bond acceptors (Lipinski definition) is 2. The maximum atomic E-state index is 13.4. The van der Waals surface area contributed by atoms with Gasteiger partial charge in [-0.3, -0.25) is 0 Å². The highest BCUT2D eigenvalue weighted by Crippen LogP contribution is 2.63. The fraction of sp³-hybridized carbons (Fsp3) is 0.500. The van der Waals surface area contributed by atoms with Crippen molar-refractivity contribution in [1.29, 1.82) is 5.26 Å². The molecule has 0 atom stereocenters. The molecule has 1 saturated carbocycles. The number of benzene rings is 1. The minimum atomic E-state index is -0.464. The van der Waals surface area contributed by atoms with Crippen LogP contribution in [0.3, 0.4) is 0 Å². The molecule has 90 valence electrons. The first-order valence-corrected chi connectivity index (χ1v) is 5.77. The molecular formula is C14H17FN2. The lowest BCUT2D eigenvalue weighted by atomic mass is 10.0. The van der Waals surface area contributed by atoms with Crippen LogP contribution in [0.5, 0.6) is 0 Å². The fourth-order valence-electron chi connectivity index (χ4n) is 2.47. The van der Waals surface area contributed by atoms with Crippen LogP contribution in [0, 0.1) is 28.0 Å². The summed E-state index contributed by atoms with van der Waals surface area (Å²) in [4.78, 5) is 0. The maximum Gasteiger partial charge on any atom is 0.143 e. The number of nitrogens with one attached hydrogen (secondary N) is 1. The zero-order chi connectivity index (χ0) is 12.8. The van der Waals surface area contributed by atoms with Crippen molar-refractivity contribution in [2.24, 2.45) is 10.8 Å².